The summed E-state index contributed by atoms with van der Waals surface area (Å²) in [5.74, 6) is -1.17. The molecule has 278 valence electrons. The minimum atomic E-state index is -0.963. The molecule has 4 aromatic carbocycles. The number of para-hydroxylation sites is 2. The number of rotatable bonds is 15. The molecule has 0 aliphatic carbocycles. The van der Waals surface area contributed by atoms with E-state index in [1.54, 1.807) is 0 Å². The third-order valence-corrected chi connectivity index (χ3v) is 9.20. The quantitative estimate of drug-likeness (QED) is 0.109. The standard InChI is InChI=1S/C41H47N5O7/c1-51-40(49)43-26-36(47)44-34-19-11-9-13-28(34)21-23-32-27-53-33(25-42-32)24-22-29-14-10-12-20-35(29)45-39(48)38(46-41(50)52-2)37(30-15-5-3-6-16-30)31-17-7-4-8-18-31/h3-20,32-33,37-38,42H,21-27H2,1-2H3,(H,43,49)(H,44,47)(H,45,48)(H,46,50)/t32-,33-,38+/m1/s1. The van der Waals surface area contributed by atoms with Gasteiger partial charge in [0.2, 0.25) is 11.8 Å². The maximum Gasteiger partial charge on any atom is 0.407 e. The molecule has 3 atom stereocenters. The summed E-state index contributed by atoms with van der Waals surface area (Å²) in [6.07, 6.45) is 1.56. The Morgan fingerprint density at radius 1 is 0.717 bits per heavy atom. The van der Waals surface area contributed by atoms with Crippen molar-refractivity contribution in [3.63, 3.8) is 0 Å². The molecule has 1 fully saturated rings. The molecule has 53 heavy (non-hydrogen) atoms. The lowest BCUT2D eigenvalue weighted by Crippen LogP contribution is -2.48. The first-order chi connectivity index (χ1) is 25.8. The highest BCUT2D eigenvalue weighted by atomic mass is 16.5. The molecule has 4 amide bonds. The molecular formula is C41H47N5O7. The van der Waals surface area contributed by atoms with E-state index in [0.717, 1.165) is 41.5 Å². The van der Waals surface area contributed by atoms with Crippen molar-refractivity contribution in [3.8, 4) is 0 Å². The lowest BCUT2D eigenvalue weighted by Gasteiger charge is -2.31. The topological polar surface area (TPSA) is 156 Å². The molecule has 0 bridgehead atoms. The summed E-state index contributed by atoms with van der Waals surface area (Å²) in [6.45, 7) is 1.03. The molecule has 1 aliphatic rings. The molecule has 0 spiro atoms. The van der Waals surface area contributed by atoms with Gasteiger partial charge in [-0.25, -0.2) is 9.59 Å². The van der Waals surface area contributed by atoms with Gasteiger partial charge in [-0.2, -0.15) is 0 Å². The summed E-state index contributed by atoms with van der Waals surface area (Å²) < 4.78 is 15.7. The second-order valence-electron chi connectivity index (χ2n) is 12.7. The highest BCUT2D eigenvalue weighted by Gasteiger charge is 2.33. The van der Waals surface area contributed by atoms with Gasteiger partial charge in [-0.3, -0.25) is 9.59 Å². The minimum Gasteiger partial charge on any atom is -0.453 e. The normalized spacial score (nSPS) is 15.8. The molecule has 0 saturated carbocycles. The van der Waals surface area contributed by atoms with Crippen molar-refractivity contribution < 1.29 is 33.4 Å². The largest absolute Gasteiger partial charge is 0.453 e. The Bertz CT molecular complexity index is 1760. The predicted octanol–water partition coefficient (Wildman–Crippen LogP) is 5.40. The van der Waals surface area contributed by atoms with Crippen LogP contribution >= 0.6 is 0 Å². The van der Waals surface area contributed by atoms with Crippen molar-refractivity contribution in [2.24, 2.45) is 0 Å². The van der Waals surface area contributed by atoms with Crippen molar-refractivity contribution in [1.29, 1.82) is 0 Å². The SMILES string of the molecule is COC(=O)NCC(=O)Nc1ccccc1CC[C@@H]1CO[C@H](CCc2ccccc2NC(=O)[C@@H](NC(=O)OC)C(c2ccccc2)c2ccccc2)CN1. The van der Waals surface area contributed by atoms with Crippen LogP contribution in [-0.4, -0.2) is 76.1 Å². The summed E-state index contributed by atoms with van der Waals surface area (Å²) in [4.78, 5) is 50.3. The molecule has 12 nitrogen and oxygen atoms in total. The minimum absolute atomic E-state index is 0.0156. The van der Waals surface area contributed by atoms with E-state index in [1.807, 2.05) is 109 Å². The molecule has 0 radical (unpaired) electrons. The number of carbonyl (C=O) groups is 4. The summed E-state index contributed by atoms with van der Waals surface area (Å²) >= 11 is 0. The monoisotopic (exact) mass is 721 g/mol. The van der Waals surface area contributed by atoms with Gasteiger partial charge in [-0.15, -0.1) is 0 Å². The second kappa shape index (κ2) is 19.8. The van der Waals surface area contributed by atoms with E-state index in [4.69, 9.17) is 9.47 Å². The Hall–Kier alpha value is -5.72. The average Bonchev–Trinajstić information content (AvgIpc) is 3.20. The van der Waals surface area contributed by atoms with E-state index in [9.17, 15) is 19.2 Å². The van der Waals surface area contributed by atoms with Crippen LogP contribution in [0.15, 0.2) is 109 Å². The van der Waals surface area contributed by atoms with Gasteiger partial charge in [0.15, 0.2) is 0 Å². The smallest absolute Gasteiger partial charge is 0.407 e. The number of ether oxygens (including phenoxy) is 3. The molecular weight excluding hydrogens is 674 g/mol. The van der Waals surface area contributed by atoms with Crippen LogP contribution in [0.4, 0.5) is 21.0 Å². The van der Waals surface area contributed by atoms with Crippen molar-refractivity contribution in [1.82, 2.24) is 16.0 Å². The number of anilines is 2. The van der Waals surface area contributed by atoms with Crippen LogP contribution in [0.3, 0.4) is 0 Å². The third-order valence-electron chi connectivity index (χ3n) is 9.20. The number of amides is 4. The van der Waals surface area contributed by atoms with Gasteiger partial charge in [0.25, 0.3) is 0 Å². The fraction of sp³-hybridized carbons (Fsp3) is 0.317. The Kier molecular flexibility index (Phi) is 14.4. The number of hydrogen-bond acceptors (Lipinski definition) is 8. The zero-order valence-corrected chi connectivity index (χ0v) is 30.0. The summed E-state index contributed by atoms with van der Waals surface area (Å²) in [7, 11) is 2.52. The first-order valence-electron chi connectivity index (χ1n) is 17.7. The number of alkyl carbamates (subject to hydrolysis) is 2. The molecule has 0 unspecified atom stereocenters. The van der Waals surface area contributed by atoms with Gasteiger partial charge >= 0.3 is 12.2 Å². The van der Waals surface area contributed by atoms with Crippen LogP contribution in [0.2, 0.25) is 0 Å². The van der Waals surface area contributed by atoms with Gasteiger partial charge in [0.05, 0.1) is 26.9 Å². The van der Waals surface area contributed by atoms with Crippen molar-refractivity contribution >= 4 is 35.4 Å². The van der Waals surface area contributed by atoms with Gasteiger partial charge in [0, 0.05) is 29.9 Å². The number of benzene rings is 4. The van der Waals surface area contributed by atoms with Crippen molar-refractivity contribution in [3.05, 3.63) is 131 Å². The number of nitrogens with one attached hydrogen (secondary N) is 5. The number of hydrogen-bond donors (Lipinski definition) is 5. The van der Waals surface area contributed by atoms with Crippen LogP contribution in [-0.2, 0) is 36.6 Å². The third kappa shape index (κ3) is 11.4. The van der Waals surface area contributed by atoms with Crippen LogP contribution in [0, 0.1) is 0 Å². The molecule has 1 saturated heterocycles. The van der Waals surface area contributed by atoms with Gasteiger partial charge < -0.3 is 40.8 Å². The number of morpholine rings is 1. The van der Waals surface area contributed by atoms with E-state index < -0.39 is 24.1 Å². The van der Waals surface area contributed by atoms with Gasteiger partial charge in [-0.05, 0) is 60.1 Å². The van der Waals surface area contributed by atoms with E-state index in [1.165, 1.54) is 14.2 Å². The first kappa shape index (κ1) is 38.5. The Balaban J connectivity index is 1.16. The lowest BCUT2D eigenvalue weighted by molar-refractivity contribution is -0.118. The van der Waals surface area contributed by atoms with Crippen LogP contribution in [0.25, 0.3) is 0 Å². The van der Waals surface area contributed by atoms with E-state index >= 15 is 0 Å². The molecule has 1 aliphatic heterocycles. The number of carbonyl (C=O) groups excluding carboxylic acids is 4. The van der Waals surface area contributed by atoms with E-state index in [-0.39, 0.29) is 30.5 Å². The van der Waals surface area contributed by atoms with Crippen molar-refractivity contribution in [2.45, 2.75) is 49.8 Å². The average molecular weight is 722 g/mol. The Labute approximate surface area is 310 Å². The van der Waals surface area contributed by atoms with Gasteiger partial charge in [0.1, 0.15) is 12.6 Å². The Morgan fingerprint density at radius 2 is 1.26 bits per heavy atom. The predicted molar refractivity (Wildman–Crippen MR) is 203 cm³/mol. The molecule has 4 aromatic rings. The molecule has 12 heteroatoms. The lowest BCUT2D eigenvalue weighted by atomic mass is 9.84. The number of aryl methyl sites for hydroxylation is 2. The highest BCUT2D eigenvalue weighted by molar-refractivity contribution is 5.98. The van der Waals surface area contributed by atoms with Crippen molar-refractivity contribution in [2.75, 3.05) is 44.5 Å². The first-order valence-corrected chi connectivity index (χ1v) is 17.7. The molecule has 0 aromatic heterocycles. The van der Waals surface area contributed by atoms with Crippen LogP contribution < -0.4 is 26.6 Å². The van der Waals surface area contributed by atoms with E-state index in [2.05, 4.69) is 31.3 Å². The fourth-order valence-corrected chi connectivity index (χ4v) is 6.42. The summed E-state index contributed by atoms with van der Waals surface area (Å²) in [6, 6.07) is 33.7. The van der Waals surface area contributed by atoms with Crippen LogP contribution in [0.5, 0.6) is 0 Å². The zero-order chi connectivity index (χ0) is 37.4. The maximum absolute atomic E-state index is 14.1. The summed E-state index contributed by atoms with van der Waals surface area (Å²) in [5.41, 5.74) is 5.08. The van der Waals surface area contributed by atoms with E-state index in [0.29, 0.717) is 30.9 Å². The maximum atomic E-state index is 14.1. The summed E-state index contributed by atoms with van der Waals surface area (Å²) in [5, 5.41) is 14.7. The zero-order valence-electron chi connectivity index (χ0n) is 30.0. The Morgan fingerprint density at radius 3 is 1.83 bits per heavy atom. The molecule has 1 heterocycles. The highest BCUT2D eigenvalue weighted by Crippen LogP contribution is 2.30. The fourth-order valence-electron chi connectivity index (χ4n) is 6.42. The van der Waals surface area contributed by atoms with Gasteiger partial charge in [-0.1, -0.05) is 97.1 Å². The number of methoxy groups -OCH3 is 2. The second-order valence-corrected chi connectivity index (χ2v) is 12.7. The molecule has 5 rings (SSSR count). The van der Waals surface area contributed by atoms with Crippen LogP contribution in [0.1, 0.15) is 41.0 Å². The molecule has 5 N–H and O–H groups in total.